The first kappa shape index (κ1) is 39.5. The first-order valence-electron chi connectivity index (χ1n) is 20.3. The minimum Gasteiger partial charge on any atom is -0.481 e. The third-order valence-corrected chi connectivity index (χ3v) is 16.6. The number of rotatable bonds is 10. The highest BCUT2D eigenvalue weighted by molar-refractivity contribution is 6.30. The number of carbonyl (C=O) groups excluding carboxylic acids is 2. The Morgan fingerprint density at radius 1 is 0.923 bits per heavy atom. The zero-order valence-electron chi connectivity index (χ0n) is 33.4. The van der Waals surface area contributed by atoms with Crippen LogP contribution in [0.4, 0.5) is 0 Å². The number of allylic oxidation sites excluding steroid dienone is 1. The number of carboxylic acids is 1. The Morgan fingerprint density at radius 2 is 1.60 bits per heavy atom. The first-order chi connectivity index (χ1) is 24.1. The number of ether oxygens (including phenoxy) is 1. The molecule has 9 atom stereocenters. The van der Waals surface area contributed by atoms with Crippen LogP contribution in [-0.4, -0.2) is 40.1 Å². The van der Waals surface area contributed by atoms with Gasteiger partial charge in [-0.05, 0) is 148 Å². The second-order valence-electron chi connectivity index (χ2n) is 20.1. The molecular weight excluding hydrogens is 672 g/mol. The molecule has 4 saturated carbocycles. The highest BCUT2D eigenvalue weighted by Crippen LogP contribution is 2.77. The summed E-state index contributed by atoms with van der Waals surface area (Å²) in [5.74, 6) is 0.139. The maximum atomic E-state index is 14.0. The standard InChI is InChI=1S/C45H65ClO6/c1-27(2)37-31(47)25-45(34(48)12-10-11-28-13-15-29(46)16-14-28)24-23-43(8)30(38(37)45)17-18-33-42(7)21-20-35(52-36(49)26-40(3,4)39(50)51)41(5,6)32(42)19-22-44(33,43)9/h13-16,27,30,32-35,48H,10-12,17-26H2,1-9H3,(H,50,51)/t30-,32+,33-,34+,35+,42+,43-,44-,45+/m1/s1. The van der Waals surface area contributed by atoms with E-state index in [-0.39, 0.29) is 51.8 Å². The molecule has 52 heavy (non-hydrogen) atoms. The number of carboxylic acid groups (broad SMARTS) is 1. The summed E-state index contributed by atoms with van der Waals surface area (Å²) in [5, 5.41) is 22.5. The van der Waals surface area contributed by atoms with Crippen molar-refractivity contribution in [2.75, 3.05) is 0 Å². The normalized spacial score (nSPS) is 37.5. The second kappa shape index (κ2) is 13.5. The van der Waals surface area contributed by atoms with Gasteiger partial charge in [0.2, 0.25) is 0 Å². The number of hydrogen-bond donors (Lipinski definition) is 2. The molecular formula is C45H65ClO6. The van der Waals surface area contributed by atoms with E-state index in [1.807, 2.05) is 12.1 Å². The highest BCUT2D eigenvalue weighted by atomic mass is 35.5. The van der Waals surface area contributed by atoms with Crippen molar-refractivity contribution in [2.24, 2.45) is 56.2 Å². The molecule has 4 fully saturated rings. The van der Waals surface area contributed by atoms with Crippen LogP contribution in [0.1, 0.15) is 145 Å². The van der Waals surface area contributed by atoms with Crippen LogP contribution in [0.2, 0.25) is 5.02 Å². The van der Waals surface area contributed by atoms with E-state index in [1.54, 1.807) is 13.8 Å². The lowest BCUT2D eigenvalue weighted by molar-refractivity contribution is -0.235. The van der Waals surface area contributed by atoms with Crippen LogP contribution in [0.3, 0.4) is 0 Å². The van der Waals surface area contributed by atoms with Gasteiger partial charge in [-0.25, -0.2) is 0 Å². The van der Waals surface area contributed by atoms with E-state index < -0.39 is 28.9 Å². The molecule has 0 heterocycles. The third kappa shape index (κ3) is 6.13. The number of aliphatic hydroxyl groups excluding tert-OH is 1. The van der Waals surface area contributed by atoms with Crippen LogP contribution in [0.5, 0.6) is 0 Å². The average Bonchev–Trinajstić information content (AvgIpc) is 3.36. The number of carbonyl (C=O) groups is 3. The number of halogens is 1. The zero-order valence-corrected chi connectivity index (χ0v) is 34.1. The molecule has 0 aliphatic heterocycles. The molecule has 6 rings (SSSR count). The number of aliphatic hydroxyl groups is 1. The molecule has 5 aliphatic carbocycles. The SMILES string of the molecule is CC(C)C1=C2[C@H]3CC[C@@H]4[C@@]5(C)CC[C@H](OC(=O)CC(C)(C)C(=O)O)C(C)(C)[C@@H]5CC[C@@]4(C)[C@]3(C)CC[C@@]2([C@@H](O)CCCc2ccc(Cl)cc2)CC1=O. The van der Waals surface area contributed by atoms with Crippen LogP contribution in [0.25, 0.3) is 0 Å². The van der Waals surface area contributed by atoms with Gasteiger partial charge in [0.15, 0.2) is 5.78 Å². The number of ketones is 1. The van der Waals surface area contributed by atoms with E-state index in [0.717, 1.165) is 74.8 Å². The van der Waals surface area contributed by atoms with Gasteiger partial charge in [0.1, 0.15) is 6.10 Å². The molecule has 0 bridgehead atoms. The van der Waals surface area contributed by atoms with Gasteiger partial charge in [-0.3, -0.25) is 14.4 Å². The quantitative estimate of drug-likeness (QED) is 0.232. The average molecular weight is 737 g/mol. The Bertz CT molecular complexity index is 1610. The van der Waals surface area contributed by atoms with Gasteiger partial charge in [-0.1, -0.05) is 77.8 Å². The van der Waals surface area contributed by atoms with Crippen molar-refractivity contribution in [1.82, 2.24) is 0 Å². The van der Waals surface area contributed by atoms with Gasteiger partial charge in [-0.2, -0.15) is 0 Å². The summed E-state index contributed by atoms with van der Waals surface area (Å²) in [6.45, 7) is 19.7. The van der Waals surface area contributed by atoms with E-state index in [4.69, 9.17) is 16.3 Å². The van der Waals surface area contributed by atoms with E-state index in [0.29, 0.717) is 24.7 Å². The fraction of sp³-hybridized carbons (Fsp3) is 0.756. The minimum absolute atomic E-state index is 0.00634. The van der Waals surface area contributed by atoms with Crippen LogP contribution in [0, 0.1) is 56.2 Å². The van der Waals surface area contributed by atoms with E-state index in [9.17, 15) is 24.6 Å². The maximum absolute atomic E-state index is 14.0. The van der Waals surface area contributed by atoms with Crippen molar-refractivity contribution in [3.8, 4) is 0 Å². The van der Waals surface area contributed by atoms with Crippen LogP contribution < -0.4 is 0 Å². The van der Waals surface area contributed by atoms with E-state index in [1.165, 1.54) is 11.1 Å². The largest absolute Gasteiger partial charge is 0.481 e. The van der Waals surface area contributed by atoms with Crippen molar-refractivity contribution in [3.63, 3.8) is 0 Å². The fourth-order valence-corrected chi connectivity index (χ4v) is 13.5. The van der Waals surface area contributed by atoms with Crippen molar-refractivity contribution >= 4 is 29.3 Å². The zero-order chi connectivity index (χ0) is 38.2. The number of Topliss-reactive ketones (excluding diaryl/α,β-unsaturated/α-hetero) is 1. The van der Waals surface area contributed by atoms with Crippen molar-refractivity contribution in [3.05, 3.63) is 46.0 Å². The molecule has 0 aromatic heterocycles. The van der Waals surface area contributed by atoms with Crippen LogP contribution in [-0.2, 0) is 25.5 Å². The van der Waals surface area contributed by atoms with Crippen molar-refractivity contribution in [1.29, 1.82) is 0 Å². The van der Waals surface area contributed by atoms with Gasteiger partial charge in [-0.15, -0.1) is 0 Å². The lowest BCUT2D eigenvalue weighted by Crippen LogP contribution is -2.66. The summed E-state index contributed by atoms with van der Waals surface area (Å²) in [7, 11) is 0. The molecule has 5 aliphatic rings. The maximum Gasteiger partial charge on any atom is 0.309 e. The summed E-state index contributed by atoms with van der Waals surface area (Å²) >= 11 is 6.12. The van der Waals surface area contributed by atoms with Gasteiger partial charge in [0.05, 0.1) is 17.9 Å². The molecule has 0 amide bonds. The molecule has 288 valence electrons. The third-order valence-electron chi connectivity index (χ3n) is 16.4. The summed E-state index contributed by atoms with van der Waals surface area (Å²) < 4.78 is 6.17. The van der Waals surface area contributed by atoms with Gasteiger partial charge >= 0.3 is 11.9 Å². The Labute approximate surface area is 317 Å². The lowest BCUT2D eigenvalue weighted by Gasteiger charge is -2.72. The molecule has 1 aromatic rings. The molecule has 0 saturated heterocycles. The van der Waals surface area contributed by atoms with E-state index >= 15 is 0 Å². The molecule has 1 aromatic carbocycles. The molecule has 0 spiro atoms. The highest BCUT2D eigenvalue weighted by Gasteiger charge is 2.70. The van der Waals surface area contributed by atoms with Gasteiger partial charge in [0, 0.05) is 22.3 Å². The second-order valence-corrected chi connectivity index (χ2v) is 20.5. The number of benzene rings is 1. The summed E-state index contributed by atoms with van der Waals surface area (Å²) in [6, 6.07) is 7.99. The number of aliphatic carboxylic acids is 1. The number of esters is 1. The van der Waals surface area contributed by atoms with E-state index in [2.05, 4.69) is 60.6 Å². The van der Waals surface area contributed by atoms with Crippen LogP contribution >= 0.6 is 11.6 Å². The Balaban J connectivity index is 1.26. The Morgan fingerprint density at radius 3 is 2.23 bits per heavy atom. The monoisotopic (exact) mass is 736 g/mol. The molecule has 2 N–H and O–H groups in total. The number of aryl methyl sites for hydroxylation is 1. The summed E-state index contributed by atoms with van der Waals surface area (Å²) in [4.78, 5) is 38.9. The van der Waals surface area contributed by atoms with Gasteiger partial charge < -0.3 is 14.9 Å². The van der Waals surface area contributed by atoms with Gasteiger partial charge in [0.25, 0.3) is 0 Å². The molecule has 7 heteroatoms. The minimum atomic E-state index is -1.16. The Hall–Kier alpha value is -2.18. The lowest BCUT2D eigenvalue weighted by atomic mass is 9.33. The fourth-order valence-electron chi connectivity index (χ4n) is 13.3. The van der Waals surface area contributed by atoms with Crippen LogP contribution in [0.15, 0.2) is 35.4 Å². The Kier molecular flexibility index (Phi) is 10.3. The topological polar surface area (TPSA) is 101 Å². The molecule has 6 nitrogen and oxygen atoms in total. The molecule has 0 radical (unpaired) electrons. The van der Waals surface area contributed by atoms with Crippen molar-refractivity contribution < 1.29 is 29.3 Å². The summed E-state index contributed by atoms with van der Waals surface area (Å²) in [5.41, 5.74) is 1.85. The van der Waals surface area contributed by atoms with Crippen molar-refractivity contribution in [2.45, 2.75) is 158 Å². The number of hydrogen-bond acceptors (Lipinski definition) is 5. The predicted octanol–water partition coefficient (Wildman–Crippen LogP) is 10.4. The molecule has 0 unspecified atom stereocenters. The number of fused-ring (bicyclic) bond motifs is 7. The predicted molar refractivity (Wildman–Crippen MR) is 206 cm³/mol. The first-order valence-corrected chi connectivity index (χ1v) is 20.6. The summed E-state index contributed by atoms with van der Waals surface area (Å²) in [6.07, 6.45) is 9.91. The smallest absolute Gasteiger partial charge is 0.309 e.